The van der Waals surface area contributed by atoms with Crippen molar-refractivity contribution in [3.05, 3.63) is 75.3 Å². The second-order valence-electron chi connectivity index (χ2n) is 6.50. The maximum atomic E-state index is 10.2. The molecule has 0 bridgehead atoms. The maximum absolute atomic E-state index is 10.2. The fourth-order valence-corrected chi connectivity index (χ4v) is 3.34. The van der Waals surface area contributed by atoms with Crippen LogP contribution < -0.4 is 0 Å². The van der Waals surface area contributed by atoms with Crippen LogP contribution >= 0.6 is 23.2 Å². The number of phenols is 1. The first kappa shape index (κ1) is 18.5. The smallest absolute Gasteiger partial charge is 0.227 e. The number of aliphatic imine (C=N–C) groups is 1. The molecule has 0 unspecified atom stereocenters. The third kappa shape index (κ3) is 3.49. The van der Waals surface area contributed by atoms with Gasteiger partial charge in [0.05, 0.1) is 5.69 Å². The number of oxazole rings is 1. The molecule has 0 spiro atoms. The third-order valence-corrected chi connectivity index (χ3v) is 5.31. The number of hydrogen-bond acceptors (Lipinski definition) is 4. The highest BCUT2D eigenvalue weighted by atomic mass is 35.5. The van der Waals surface area contributed by atoms with Gasteiger partial charge in [0.2, 0.25) is 5.89 Å². The van der Waals surface area contributed by atoms with E-state index in [4.69, 9.17) is 27.6 Å². The van der Waals surface area contributed by atoms with Gasteiger partial charge in [-0.25, -0.2) is 4.98 Å². The Morgan fingerprint density at radius 3 is 2.68 bits per heavy atom. The molecule has 1 heterocycles. The van der Waals surface area contributed by atoms with E-state index in [-0.39, 0.29) is 5.75 Å². The summed E-state index contributed by atoms with van der Waals surface area (Å²) in [6.07, 6.45) is 1.61. The number of aromatic nitrogens is 1. The average molecular weight is 411 g/mol. The number of benzene rings is 3. The van der Waals surface area contributed by atoms with Crippen LogP contribution in [0.2, 0.25) is 10.0 Å². The summed E-state index contributed by atoms with van der Waals surface area (Å²) in [4.78, 5) is 9.00. The monoisotopic (exact) mass is 410 g/mol. The van der Waals surface area contributed by atoms with Gasteiger partial charge in [-0.15, -0.1) is 0 Å². The van der Waals surface area contributed by atoms with E-state index in [1.165, 1.54) is 0 Å². The number of rotatable bonds is 3. The first-order valence-corrected chi connectivity index (χ1v) is 9.37. The predicted octanol–water partition coefficient (Wildman–Crippen LogP) is 6.87. The average Bonchev–Trinajstić information content (AvgIpc) is 3.09. The third-order valence-electron chi connectivity index (χ3n) is 4.49. The van der Waals surface area contributed by atoms with E-state index >= 15 is 0 Å². The number of aryl methyl sites for hydroxylation is 1. The van der Waals surface area contributed by atoms with Crippen LogP contribution in [0, 0.1) is 13.8 Å². The normalized spacial score (nSPS) is 11.6. The van der Waals surface area contributed by atoms with E-state index in [9.17, 15) is 5.11 Å². The Hall–Kier alpha value is -2.82. The predicted molar refractivity (Wildman–Crippen MR) is 114 cm³/mol. The molecule has 0 aliphatic rings. The second-order valence-corrected chi connectivity index (χ2v) is 7.32. The van der Waals surface area contributed by atoms with E-state index < -0.39 is 0 Å². The number of fused-ring (bicyclic) bond motifs is 1. The summed E-state index contributed by atoms with van der Waals surface area (Å²) in [6.45, 7) is 3.71. The van der Waals surface area contributed by atoms with Gasteiger partial charge in [0, 0.05) is 27.4 Å². The van der Waals surface area contributed by atoms with Gasteiger partial charge in [0.15, 0.2) is 5.58 Å². The Labute approximate surface area is 172 Å². The van der Waals surface area contributed by atoms with Crippen LogP contribution in [0.5, 0.6) is 5.75 Å². The molecular formula is C22H16Cl2N2O2. The quantitative estimate of drug-likeness (QED) is 0.374. The van der Waals surface area contributed by atoms with E-state index in [0.29, 0.717) is 38.3 Å². The van der Waals surface area contributed by atoms with E-state index in [0.717, 1.165) is 16.7 Å². The largest absolute Gasteiger partial charge is 0.507 e. The first-order valence-electron chi connectivity index (χ1n) is 8.61. The molecule has 0 fully saturated rings. The molecule has 0 saturated heterocycles. The highest BCUT2D eigenvalue weighted by Gasteiger charge is 2.11. The van der Waals surface area contributed by atoms with Crippen molar-refractivity contribution in [2.75, 3.05) is 0 Å². The molecular weight excluding hydrogens is 395 g/mol. The lowest BCUT2D eigenvalue weighted by molar-refractivity contribution is 0.473. The molecule has 0 amide bonds. The molecule has 6 heteroatoms. The molecule has 140 valence electrons. The maximum Gasteiger partial charge on any atom is 0.227 e. The van der Waals surface area contributed by atoms with Crippen LogP contribution in [0.15, 0.2) is 57.9 Å². The Morgan fingerprint density at radius 1 is 1.07 bits per heavy atom. The van der Waals surface area contributed by atoms with Crippen LogP contribution in [-0.2, 0) is 0 Å². The summed E-state index contributed by atoms with van der Waals surface area (Å²) in [7, 11) is 0. The lowest BCUT2D eigenvalue weighted by atomic mass is 10.0. The fourth-order valence-electron chi connectivity index (χ4n) is 3.00. The summed E-state index contributed by atoms with van der Waals surface area (Å²) < 4.78 is 5.81. The molecule has 0 aliphatic carbocycles. The summed E-state index contributed by atoms with van der Waals surface area (Å²) in [6, 6.07) is 14.4. The van der Waals surface area contributed by atoms with Gasteiger partial charge in [-0.1, -0.05) is 29.3 Å². The lowest BCUT2D eigenvalue weighted by Gasteiger charge is -2.08. The molecule has 4 nitrogen and oxygen atoms in total. The zero-order valence-electron chi connectivity index (χ0n) is 15.2. The highest BCUT2D eigenvalue weighted by molar-refractivity contribution is 6.32. The number of phenolic OH excluding ortho intramolecular Hbond substituents is 1. The standard InChI is InChI=1S/C22H16Cl2N2O2/c1-12-8-19(27)17(13(2)21(12)24)11-25-16-6-7-20-18(10-16)26-22(28-20)14-4-3-5-15(23)9-14/h3-11,27H,1-2H3. The Kier molecular flexibility index (Phi) is 4.84. The van der Waals surface area contributed by atoms with Crippen molar-refractivity contribution in [3.8, 4) is 17.2 Å². The van der Waals surface area contributed by atoms with Gasteiger partial charge < -0.3 is 9.52 Å². The minimum Gasteiger partial charge on any atom is -0.507 e. The van der Waals surface area contributed by atoms with E-state index in [1.807, 2.05) is 44.2 Å². The minimum absolute atomic E-state index is 0.147. The number of aromatic hydroxyl groups is 1. The van der Waals surface area contributed by atoms with Crippen LogP contribution in [-0.4, -0.2) is 16.3 Å². The Morgan fingerprint density at radius 2 is 1.89 bits per heavy atom. The molecule has 0 aliphatic heterocycles. The van der Waals surface area contributed by atoms with Crippen molar-refractivity contribution in [1.82, 2.24) is 4.98 Å². The molecule has 28 heavy (non-hydrogen) atoms. The topological polar surface area (TPSA) is 58.6 Å². The van der Waals surface area contributed by atoms with Crippen LogP contribution in [0.25, 0.3) is 22.6 Å². The van der Waals surface area contributed by atoms with Crippen molar-refractivity contribution in [3.63, 3.8) is 0 Å². The summed E-state index contributed by atoms with van der Waals surface area (Å²) in [5, 5.41) is 11.5. The number of hydrogen-bond donors (Lipinski definition) is 1. The lowest BCUT2D eigenvalue weighted by Crippen LogP contribution is -1.92. The van der Waals surface area contributed by atoms with Crippen LogP contribution in [0.3, 0.4) is 0 Å². The SMILES string of the molecule is Cc1cc(O)c(C=Nc2ccc3oc(-c4cccc(Cl)c4)nc3c2)c(C)c1Cl. The molecule has 3 aromatic carbocycles. The second kappa shape index (κ2) is 7.30. The zero-order chi connectivity index (χ0) is 19.8. The van der Waals surface area contributed by atoms with Gasteiger partial charge >= 0.3 is 0 Å². The molecule has 1 aromatic heterocycles. The number of nitrogens with zero attached hydrogens (tertiary/aromatic N) is 2. The molecule has 0 radical (unpaired) electrons. The summed E-state index contributed by atoms with van der Waals surface area (Å²) in [5.41, 5.74) is 5.05. The number of halogens is 2. The van der Waals surface area contributed by atoms with Crippen LogP contribution in [0.4, 0.5) is 5.69 Å². The minimum atomic E-state index is 0.147. The zero-order valence-corrected chi connectivity index (χ0v) is 16.7. The fraction of sp³-hybridized carbons (Fsp3) is 0.0909. The van der Waals surface area contributed by atoms with Gasteiger partial charge in [-0.3, -0.25) is 4.99 Å². The van der Waals surface area contributed by atoms with Crippen molar-refractivity contribution in [1.29, 1.82) is 0 Å². The van der Waals surface area contributed by atoms with Gasteiger partial charge in [-0.05, 0) is 67.4 Å². The highest BCUT2D eigenvalue weighted by Crippen LogP contribution is 2.31. The Bertz CT molecular complexity index is 1230. The van der Waals surface area contributed by atoms with Crippen molar-refractivity contribution in [2.45, 2.75) is 13.8 Å². The molecule has 4 aromatic rings. The van der Waals surface area contributed by atoms with Crippen molar-refractivity contribution < 1.29 is 9.52 Å². The van der Waals surface area contributed by atoms with E-state index in [1.54, 1.807) is 24.4 Å². The first-order chi connectivity index (χ1) is 13.4. The van der Waals surface area contributed by atoms with Crippen LogP contribution in [0.1, 0.15) is 16.7 Å². The molecule has 4 rings (SSSR count). The molecule has 0 saturated carbocycles. The van der Waals surface area contributed by atoms with Gasteiger partial charge in [-0.2, -0.15) is 0 Å². The molecule has 1 N–H and O–H groups in total. The Balaban J connectivity index is 1.69. The van der Waals surface area contributed by atoms with E-state index in [2.05, 4.69) is 9.98 Å². The summed E-state index contributed by atoms with van der Waals surface area (Å²) >= 11 is 12.3. The van der Waals surface area contributed by atoms with Crippen molar-refractivity contribution >= 4 is 46.2 Å². The van der Waals surface area contributed by atoms with Crippen molar-refractivity contribution in [2.24, 2.45) is 4.99 Å². The van der Waals surface area contributed by atoms with Gasteiger partial charge in [0.1, 0.15) is 11.3 Å². The molecule has 0 atom stereocenters. The van der Waals surface area contributed by atoms with Gasteiger partial charge in [0.25, 0.3) is 0 Å². The summed E-state index contributed by atoms with van der Waals surface area (Å²) in [5.74, 6) is 0.645.